The molecule has 0 saturated carbocycles. The average molecular weight is 539 g/mol. The van der Waals surface area contributed by atoms with Gasteiger partial charge in [-0.2, -0.15) is 0 Å². The van der Waals surface area contributed by atoms with E-state index in [9.17, 15) is 45.3 Å². The van der Waals surface area contributed by atoms with Crippen molar-refractivity contribution < 1.29 is 64.3 Å². The summed E-state index contributed by atoms with van der Waals surface area (Å²) in [6, 6.07) is 0. The fourth-order valence-corrected chi connectivity index (χ4v) is 4.38. The Balaban J connectivity index is 1.85. The smallest absolute Gasteiger partial charge is 0.374 e. The van der Waals surface area contributed by atoms with Gasteiger partial charge < -0.3 is 54.7 Å². The van der Waals surface area contributed by atoms with Crippen molar-refractivity contribution in [2.75, 3.05) is 19.8 Å². The number of ether oxygens (including phenoxy) is 4. The molecule has 216 valence electrons. The molecular weight excluding hydrogens is 496 g/mol. The highest BCUT2D eigenvalue weighted by Crippen LogP contribution is 2.36. The van der Waals surface area contributed by atoms with E-state index >= 15 is 0 Å². The molecule has 0 aromatic heterocycles. The lowest BCUT2D eigenvalue weighted by Crippen LogP contribution is -2.63. The molecule has 0 spiro atoms. The van der Waals surface area contributed by atoms with Gasteiger partial charge in [0.15, 0.2) is 6.29 Å². The van der Waals surface area contributed by atoms with Crippen LogP contribution in [0.15, 0.2) is 0 Å². The molecule has 2 aliphatic heterocycles. The standard InChI is InChI=1S/C24H42O13/c1-2-3-4-5-6-7-8-9-10-14(27)22(33)34-12-16-17(28)19(30)20(31)23(35-16)37-24(13-26)21(32)18(29)15(11-25)36-24/h15-21,23,25-26,28-32H,2-13H2,1H3/t15-,16-,17-,18-,19+,20-,21+,23-,24+/m1/s1. The van der Waals surface area contributed by atoms with Crippen molar-refractivity contribution in [3.05, 3.63) is 0 Å². The van der Waals surface area contributed by atoms with Gasteiger partial charge in [-0.3, -0.25) is 4.79 Å². The zero-order valence-corrected chi connectivity index (χ0v) is 21.2. The number of aliphatic hydroxyl groups is 7. The SMILES string of the molecule is CCCCCCCCCCC(=O)C(=O)OC[C@H]1O[C@H](O[C@]2(CO)O[C@H](CO)[C@@H](O)[C@@H]2O)[C@H](O)[C@@H](O)[C@@H]1O. The van der Waals surface area contributed by atoms with Gasteiger partial charge >= 0.3 is 5.97 Å². The Labute approximate surface area is 215 Å². The number of hydrogen-bond donors (Lipinski definition) is 7. The third kappa shape index (κ3) is 8.36. The van der Waals surface area contributed by atoms with Crippen molar-refractivity contribution in [1.82, 2.24) is 0 Å². The van der Waals surface area contributed by atoms with Crippen LogP contribution >= 0.6 is 0 Å². The van der Waals surface area contributed by atoms with E-state index in [1.165, 1.54) is 19.3 Å². The summed E-state index contributed by atoms with van der Waals surface area (Å²) in [5.74, 6) is -4.20. The van der Waals surface area contributed by atoms with Crippen molar-refractivity contribution in [1.29, 1.82) is 0 Å². The quantitative estimate of drug-likeness (QED) is 0.0661. The van der Waals surface area contributed by atoms with Crippen LogP contribution in [0.2, 0.25) is 0 Å². The Hall–Kier alpha value is -1.26. The lowest BCUT2D eigenvalue weighted by Gasteiger charge is -2.43. The Morgan fingerprint density at radius 1 is 0.811 bits per heavy atom. The second-order valence-electron chi connectivity index (χ2n) is 9.62. The maximum atomic E-state index is 12.1. The summed E-state index contributed by atoms with van der Waals surface area (Å²) in [6.07, 6.45) is -5.46. The molecule has 9 atom stereocenters. The van der Waals surface area contributed by atoms with Crippen molar-refractivity contribution in [3.8, 4) is 0 Å². The minimum atomic E-state index is -2.33. The maximum absolute atomic E-state index is 12.1. The summed E-state index contributed by atoms with van der Waals surface area (Å²) in [5.41, 5.74) is 0. The van der Waals surface area contributed by atoms with Crippen molar-refractivity contribution in [2.24, 2.45) is 0 Å². The summed E-state index contributed by atoms with van der Waals surface area (Å²) in [7, 11) is 0. The molecule has 0 unspecified atom stereocenters. The van der Waals surface area contributed by atoms with Crippen LogP contribution in [-0.2, 0) is 28.5 Å². The van der Waals surface area contributed by atoms with Crippen LogP contribution in [0.1, 0.15) is 64.7 Å². The largest absolute Gasteiger partial charge is 0.457 e. The highest BCUT2D eigenvalue weighted by Gasteiger charge is 2.58. The van der Waals surface area contributed by atoms with Crippen LogP contribution in [0.4, 0.5) is 0 Å². The number of hydrogen-bond acceptors (Lipinski definition) is 13. The van der Waals surface area contributed by atoms with E-state index in [1.54, 1.807) is 0 Å². The molecule has 2 heterocycles. The Kier molecular flexibility index (Phi) is 13.3. The molecule has 0 aliphatic carbocycles. The van der Waals surface area contributed by atoms with Gasteiger partial charge in [-0.1, -0.05) is 51.9 Å². The molecule has 13 nitrogen and oxygen atoms in total. The monoisotopic (exact) mass is 538 g/mol. The van der Waals surface area contributed by atoms with E-state index in [2.05, 4.69) is 6.92 Å². The van der Waals surface area contributed by atoms with E-state index < -0.39 is 86.4 Å². The Bertz CT molecular complexity index is 706. The van der Waals surface area contributed by atoms with Gasteiger partial charge in [0, 0.05) is 6.42 Å². The van der Waals surface area contributed by atoms with Crippen LogP contribution in [-0.4, -0.2) is 122 Å². The first-order chi connectivity index (χ1) is 17.6. The summed E-state index contributed by atoms with van der Waals surface area (Å²) in [5, 5.41) is 70.0. The van der Waals surface area contributed by atoms with Crippen LogP contribution in [0.3, 0.4) is 0 Å². The lowest BCUT2D eigenvalue weighted by atomic mass is 9.99. The molecule has 0 amide bonds. The Morgan fingerprint density at radius 2 is 1.43 bits per heavy atom. The van der Waals surface area contributed by atoms with Gasteiger partial charge in [0.2, 0.25) is 11.6 Å². The number of carbonyl (C=O) groups excluding carboxylic acids is 2. The predicted octanol–water partition coefficient (Wildman–Crippen LogP) is -1.74. The molecule has 0 aromatic rings. The van der Waals surface area contributed by atoms with Gasteiger partial charge in [-0.05, 0) is 6.42 Å². The second kappa shape index (κ2) is 15.4. The molecule has 0 radical (unpaired) electrons. The number of unbranched alkanes of at least 4 members (excludes halogenated alkanes) is 7. The minimum absolute atomic E-state index is 0.0115. The summed E-state index contributed by atoms with van der Waals surface area (Å²) in [4.78, 5) is 24.2. The van der Waals surface area contributed by atoms with E-state index in [1.807, 2.05) is 0 Å². The first kappa shape index (κ1) is 32.0. The highest BCUT2D eigenvalue weighted by molar-refractivity contribution is 6.33. The molecule has 2 aliphatic rings. The normalized spacial score (nSPS) is 36.0. The molecule has 2 saturated heterocycles. The molecule has 13 heteroatoms. The summed E-state index contributed by atoms with van der Waals surface area (Å²) < 4.78 is 21.0. The number of ketones is 1. The van der Waals surface area contributed by atoms with Crippen LogP contribution < -0.4 is 0 Å². The van der Waals surface area contributed by atoms with Crippen LogP contribution in [0.25, 0.3) is 0 Å². The topological polar surface area (TPSA) is 213 Å². The van der Waals surface area contributed by atoms with E-state index in [0.717, 1.165) is 25.7 Å². The molecule has 37 heavy (non-hydrogen) atoms. The number of rotatable bonds is 16. The predicted molar refractivity (Wildman–Crippen MR) is 125 cm³/mol. The lowest BCUT2D eigenvalue weighted by molar-refractivity contribution is -0.383. The van der Waals surface area contributed by atoms with Gasteiger partial charge in [0.1, 0.15) is 55.9 Å². The van der Waals surface area contributed by atoms with Crippen molar-refractivity contribution in [2.45, 2.75) is 120 Å². The zero-order valence-electron chi connectivity index (χ0n) is 21.2. The Morgan fingerprint density at radius 3 is 2.00 bits per heavy atom. The van der Waals surface area contributed by atoms with Crippen LogP contribution in [0.5, 0.6) is 0 Å². The van der Waals surface area contributed by atoms with Crippen molar-refractivity contribution in [3.63, 3.8) is 0 Å². The first-order valence-electron chi connectivity index (χ1n) is 12.9. The molecule has 0 aromatic carbocycles. The van der Waals surface area contributed by atoms with Gasteiger partial charge in [-0.25, -0.2) is 4.79 Å². The average Bonchev–Trinajstić information content (AvgIpc) is 3.14. The maximum Gasteiger partial charge on any atom is 0.374 e. The number of Topliss-reactive ketones (excluding diaryl/α,β-unsaturated/α-hetero) is 1. The fourth-order valence-electron chi connectivity index (χ4n) is 4.38. The third-order valence-corrected chi connectivity index (χ3v) is 6.75. The fraction of sp³-hybridized carbons (Fsp3) is 0.917. The number of aliphatic hydroxyl groups excluding tert-OH is 7. The molecule has 7 N–H and O–H groups in total. The van der Waals surface area contributed by atoms with E-state index in [4.69, 9.17) is 18.9 Å². The zero-order chi connectivity index (χ0) is 27.6. The molecular formula is C24H42O13. The van der Waals surface area contributed by atoms with Crippen LogP contribution in [0, 0.1) is 0 Å². The molecule has 0 bridgehead atoms. The minimum Gasteiger partial charge on any atom is -0.457 e. The summed E-state index contributed by atoms with van der Waals surface area (Å²) in [6.45, 7) is -0.263. The van der Waals surface area contributed by atoms with Gasteiger partial charge in [0.05, 0.1) is 6.61 Å². The van der Waals surface area contributed by atoms with Crippen molar-refractivity contribution >= 4 is 11.8 Å². The molecule has 2 fully saturated rings. The third-order valence-electron chi connectivity index (χ3n) is 6.75. The molecule has 2 rings (SSSR count). The second-order valence-corrected chi connectivity index (χ2v) is 9.62. The van der Waals surface area contributed by atoms with Gasteiger partial charge in [-0.15, -0.1) is 0 Å². The van der Waals surface area contributed by atoms with E-state index in [0.29, 0.717) is 6.42 Å². The summed E-state index contributed by atoms with van der Waals surface area (Å²) >= 11 is 0. The number of carbonyl (C=O) groups is 2. The number of esters is 1. The van der Waals surface area contributed by atoms with Gasteiger partial charge in [0.25, 0.3) is 0 Å². The first-order valence-corrected chi connectivity index (χ1v) is 12.9. The van der Waals surface area contributed by atoms with E-state index in [-0.39, 0.29) is 6.42 Å². The highest BCUT2D eigenvalue weighted by atomic mass is 16.8.